The average Bonchev–Trinajstić information content (AvgIpc) is 3.09. The Labute approximate surface area is 155 Å². The Kier molecular flexibility index (Phi) is 5.04. The predicted octanol–water partition coefficient (Wildman–Crippen LogP) is 4.25. The maximum Gasteiger partial charge on any atom is 0.273 e. The molecule has 2 aromatic carbocycles. The van der Waals surface area contributed by atoms with Crippen LogP contribution in [-0.2, 0) is 4.79 Å². The zero-order valence-corrected chi connectivity index (χ0v) is 15.0. The fourth-order valence-corrected chi connectivity index (χ4v) is 2.62. The standard InChI is InChI=1S/C19H17ClN4O2/c1-11-15(21-12(2)25)4-3-5-16(11)22-19(26)18-10-17(23-24-18)13-6-8-14(20)9-7-13/h3-10H,1-2H3,(H,21,25)(H,22,26)(H,23,24). The van der Waals surface area contributed by atoms with E-state index in [0.29, 0.717) is 27.8 Å². The van der Waals surface area contributed by atoms with Crippen LogP contribution in [-0.4, -0.2) is 22.0 Å². The molecule has 3 N–H and O–H groups in total. The van der Waals surface area contributed by atoms with Gasteiger partial charge in [0.25, 0.3) is 5.91 Å². The Bertz CT molecular complexity index is 964. The number of halogens is 1. The van der Waals surface area contributed by atoms with Crippen molar-refractivity contribution in [3.8, 4) is 11.3 Å². The van der Waals surface area contributed by atoms with Crippen LogP contribution in [0.1, 0.15) is 23.0 Å². The van der Waals surface area contributed by atoms with Gasteiger partial charge in [-0.1, -0.05) is 29.8 Å². The van der Waals surface area contributed by atoms with Gasteiger partial charge in [0.15, 0.2) is 0 Å². The summed E-state index contributed by atoms with van der Waals surface area (Å²) in [6.45, 7) is 3.26. The number of H-pyrrole nitrogens is 1. The van der Waals surface area contributed by atoms with Crippen molar-refractivity contribution in [1.82, 2.24) is 10.2 Å². The van der Waals surface area contributed by atoms with Crippen molar-refractivity contribution >= 4 is 34.8 Å². The molecule has 0 atom stereocenters. The van der Waals surface area contributed by atoms with Gasteiger partial charge in [0.2, 0.25) is 5.91 Å². The van der Waals surface area contributed by atoms with Gasteiger partial charge in [0.1, 0.15) is 5.69 Å². The second-order valence-electron chi connectivity index (χ2n) is 5.79. The number of aromatic amines is 1. The van der Waals surface area contributed by atoms with E-state index in [0.717, 1.165) is 11.1 Å². The molecule has 2 amide bonds. The van der Waals surface area contributed by atoms with Crippen molar-refractivity contribution in [2.75, 3.05) is 10.6 Å². The number of carbonyl (C=O) groups excluding carboxylic acids is 2. The molecular formula is C19H17ClN4O2. The first-order valence-corrected chi connectivity index (χ1v) is 8.32. The van der Waals surface area contributed by atoms with Crippen LogP contribution >= 0.6 is 11.6 Å². The minimum absolute atomic E-state index is 0.169. The molecular weight excluding hydrogens is 352 g/mol. The number of rotatable bonds is 4. The Morgan fingerprint density at radius 2 is 1.69 bits per heavy atom. The van der Waals surface area contributed by atoms with Gasteiger partial charge in [-0.2, -0.15) is 5.10 Å². The van der Waals surface area contributed by atoms with Gasteiger partial charge in [0, 0.05) is 28.9 Å². The summed E-state index contributed by atoms with van der Waals surface area (Å²) in [5, 5.41) is 13.1. The van der Waals surface area contributed by atoms with Crippen molar-refractivity contribution < 1.29 is 9.59 Å². The number of aromatic nitrogens is 2. The number of benzene rings is 2. The Hall–Kier alpha value is -3.12. The molecule has 26 heavy (non-hydrogen) atoms. The number of hydrogen-bond donors (Lipinski definition) is 3. The second kappa shape index (κ2) is 7.41. The zero-order valence-electron chi connectivity index (χ0n) is 14.3. The fraction of sp³-hybridized carbons (Fsp3) is 0.105. The molecule has 0 fully saturated rings. The summed E-state index contributed by atoms with van der Waals surface area (Å²) in [6, 6.07) is 14.2. The van der Waals surface area contributed by atoms with Crippen molar-refractivity contribution in [3.63, 3.8) is 0 Å². The molecule has 0 radical (unpaired) electrons. The Morgan fingerprint density at radius 1 is 1.04 bits per heavy atom. The van der Waals surface area contributed by atoms with Gasteiger partial charge < -0.3 is 10.6 Å². The van der Waals surface area contributed by atoms with Crippen LogP contribution in [0.2, 0.25) is 5.02 Å². The summed E-state index contributed by atoms with van der Waals surface area (Å²) < 4.78 is 0. The van der Waals surface area contributed by atoms with Gasteiger partial charge in [-0.3, -0.25) is 14.7 Å². The maximum atomic E-state index is 12.5. The molecule has 0 saturated heterocycles. The number of amides is 2. The van der Waals surface area contributed by atoms with E-state index >= 15 is 0 Å². The lowest BCUT2D eigenvalue weighted by atomic mass is 10.1. The fourth-order valence-electron chi connectivity index (χ4n) is 2.49. The van der Waals surface area contributed by atoms with Crippen molar-refractivity contribution in [2.24, 2.45) is 0 Å². The third-order valence-electron chi connectivity index (χ3n) is 3.86. The molecule has 0 saturated carbocycles. The van der Waals surface area contributed by atoms with Gasteiger partial charge in [-0.05, 0) is 42.8 Å². The van der Waals surface area contributed by atoms with E-state index < -0.39 is 0 Å². The van der Waals surface area contributed by atoms with E-state index in [1.807, 2.05) is 19.1 Å². The molecule has 0 aliphatic rings. The van der Waals surface area contributed by atoms with E-state index in [4.69, 9.17) is 11.6 Å². The number of hydrogen-bond acceptors (Lipinski definition) is 3. The molecule has 6 nitrogen and oxygen atoms in total. The molecule has 1 heterocycles. The van der Waals surface area contributed by atoms with E-state index in [9.17, 15) is 9.59 Å². The molecule has 132 valence electrons. The Balaban J connectivity index is 1.79. The summed E-state index contributed by atoms with van der Waals surface area (Å²) >= 11 is 5.89. The van der Waals surface area contributed by atoms with Crippen molar-refractivity contribution in [1.29, 1.82) is 0 Å². The molecule has 3 rings (SSSR count). The molecule has 0 unspecified atom stereocenters. The third kappa shape index (κ3) is 3.92. The van der Waals surface area contributed by atoms with Crippen LogP contribution in [0.3, 0.4) is 0 Å². The molecule has 7 heteroatoms. The predicted molar refractivity (Wildman–Crippen MR) is 102 cm³/mol. The van der Waals surface area contributed by atoms with Gasteiger partial charge in [-0.15, -0.1) is 0 Å². The Morgan fingerprint density at radius 3 is 2.35 bits per heavy atom. The van der Waals surface area contributed by atoms with Crippen LogP contribution in [0.25, 0.3) is 11.3 Å². The van der Waals surface area contributed by atoms with Crippen LogP contribution < -0.4 is 10.6 Å². The van der Waals surface area contributed by atoms with Crippen molar-refractivity contribution in [3.05, 3.63) is 64.8 Å². The monoisotopic (exact) mass is 368 g/mol. The van der Waals surface area contributed by atoms with Crippen LogP contribution in [0, 0.1) is 6.92 Å². The quantitative estimate of drug-likeness (QED) is 0.643. The van der Waals surface area contributed by atoms with Gasteiger partial charge in [0.05, 0.1) is 5.69 Å². The van der Waals surface area contributed by atoms with E-state index in [2.05, 4.69) is 20.8 Å². The summed E-state index contributed by atoms with van der Waals surface area (Å²) in [5.74, 6) is -0.487. The highest BCUT2D eigenvalue weighted by molar-refractivity contribution is 6.30. The van der Waals surface area contributed by atoms with Gasteiger partial charge >= 0.3 is 0 Å². The smallest absolute Gasteiger partial charge is 0.273 e. The highest BCUT2D eigenvalue weighted by Gasteiger charge is 2.13. The number of nitrogens with zero attached hydrogens (tertiary/aromatic N) is 1. The first kappa shape index (κ1) is 17.7. The molecule has 1 aromatic heterocycles. The average molecular weight is 369 g/mol. The molecule has 0 aliphatic heterocycles. The lowest BCUT2D eigenvalue weighted by Gasteiger charge is -2.12. The van der Waals surface area contributed by atoms with E-state index in [1.54, 1.807) is 36.4 Å². The third-order valence-corrected chi connectivity index (χ3v) is 4.11. The molecule has 3 aromatic rings. The van der Waals surface area contributed by atoms with E-state index in [-0.39, 0.29) is 11.8 Å². The van der Waals surface area contributed by atoms with Crippen LogP contribution in [0.15, 0.2) is 48.5 Å². The van der Waals surface area contributed by atoms with Crippen LogP contribution in [0.5, 0.6) is 0 Å². The normalized spacial score (nSPS) is 10.4. The first-order chi connectivity index (χ1) is 12.4. The lowest BCUT2D eigenvalue weighted by Crippen LogP contribution is -2.14. The topological polar surface area (TPSA) is 86.9 Å². The van der Waals surface area contributed by atoms with Crippen LogP contribution in [0.4, 0.5) is 11.4 Å². The first-order valence-electron chi connectivity index (χ1n) is 7.94. The highest BCUT2D eigenvalue weighted by Crippen LogP contribution is 2.24. The van der Waals surface area contributed by atoms with Gasteiger partial charge in [-0.25, -0.2) is 0 Å². The SMILES string of the molecule is CC(=O)Nc1cccc(NC(=O)c2cc(-c3ccc(Cl)cc3)n[nH]2)c1C. The number of carbonyl (C=O) groups is 2. The number of nitrogens with one attached hydrogen (secondary N) is 3. The second-order valence-corrected chi connectivity index (χ2v) is 6.22. The highest BCUT2D eigenvalue weighted by atomic mass is 35.5. The summed E-state index contributed by atoms with van der Waals surface area (Å²) in [4.78, 5) is 23.8. The molecule has 0 bridgehead atoms. The molecule has 0 aliphatic carbocycles. The van der Waals surface area contributed by atoms with Crippen molar-refractivity contribution in [2.45, 2.75) is 13.8 Å². The lowest BCUT2D eigenvalue weighted by molar-refractivity contribution is -0.114. The summed E-state index contributed by atoms with van der Waals surface area (Å²) in [5.41, 5.74) is 3.88. The van der Waals surface area contributed by atoms with E-state index in [1.165, 1.54) is 6.92 Å². The minimum Gasteiger partial charge on any atom is -0.326 e. The largest absolute Gasteiger partial charge is 0.326 e. The zero-order chi connectivity index (χ0) is 18.7. The maximum absolute atomic E-state index is 12.5. The minimum atomic E-state index is -0.319. The number of anilines is 2. The molecule has 0 spiro atoms. The summed E-state index contributed by atoms with van der Waals surface area (Å²) in [6.07, 6.45) is 0. The summed E-state index contributed by atoms with van der Waals surface area (Å²) in [7, 11) is 0.